The van der Waals surface area contributed by atoms with Crippen LogP contribution >= 0.6 is 24.0 Å². The Labute approximate surface area is 199 Å². The average Bonchev–Trinajstić information content (AvgIpc) is 3.48. The number of likely N-dealkylation sites (tertiary alicyclic amines) is 2. The largest absolute Gasteiger partial charge is 0.496 e. The van der Waals surface area contributed by atoms with Crippen LogP contribution in [-0.4, -0.2) is 75.2 Å². The Hall–Kier alpha value is -1.06. The van der Waals surface area contributed by atoms with Gasteiger partial charge in [0.2, 0.25) is 0 Å². The van der Waals surface area contributed by atoms with Crippen molar-refractivity contribution in [2.75, 3.05) is 53.4 Å². The van der Waals surface area contributed by atoms with Crippen LogP contribution in [0.3, 0.4) is 0 Å². The standard InChI is InChI=1S/C23H39N5O.HI/c1-4-19(27-13-7-8-14-27)17-25-23(24-2)26-18-21(28-15-9-10-16-28)20-11-5-6-12-22(20)29-3;/h5-6,11-12,19,21H,4,7-10,13-18H2,1-3H3,(H2,24,25,26);1H. The second-order valence-electron chi connectivity index (χ2n) is 8.14. The van der Waals surface area contributed by atoms with Crippen LogP contribution in [0.5, 0.6) is 5.75 Å². The quantitative estimate of drug-likeness (QED) is 0.292. The number of aliphatic imine (C=N–C) groups is 1. The smallest absolute Gasteiger partial charge is 0.191 e. The summed E-state index contributed by atoms with van der Waals surface area (Å²) < 4.78 is 5.66. The van der Waals surface area contributed by atoms with E-state index in [4.69, 9.17) is 4.74 Å². The summed E-state index contributed by atoms with van der Waals surface area (Å²) in [4.78, 5) is 9.66. The van der Waals surface area contributed by atoms with E-state index in [9.17, 15) is 0 Å². The first-order valence-corrected chi connectivity index (χ1v) is 11.3. The third-order valence-electron chi connectivity index (χ3n) is 6.40. The van der Waals surface area contributed by atoms with Crippen molar-refractivity contribution in [3.63, 3.8) is 0 Å². The number of hydrogen-bond donors (Lipinski definition) is 2. The second-order valence-corrected chi connectivity index (χ2v) is 8.14. The summed E-state index contributed by atoms with van der Waals surface area (Å²) in [5.74, 6) is 1.86. The lowest BCUT2D eigenvalue weighted by Crippen LogP contribution is -2.48. The number of benzene rings is 1. The fourth-order valence-corrected chi connectivity index (χ4v) is 4.70. The molecule has 0 radical (unpaired) electrons. The maximum Gasteiger partial charge on any atom is 0.191 e. The maximum absolute atomic E-state index is 5.66. The topological polar surface area (TPSA) is 52.1 Å². The highest BCUT2D eigenvalue weighted by Crippen LogP contribution is 2.31. The minimum Gasteiger partial charge on any atom is -0.496 e. The van der Waals surface area contributed by atoms with Gasteiger partial charge in [-0.25, -0.2) is 0 Å². The van der Waals surface area contributed by atoms with Crippen LogP contribution in [0.15, 0.2) is 29.3 Å². The predicted octanol–water partition coefficient (Wildman–Crippen LogP) is 3.49. The van der Waals surface area contributed by atoms with Gasteiger partial charge in [-0.2, -0.15) is 0 Å². The Kier molecular flexibility index (Phi) is 11.2. The van der Waals surface area contributed by atoms with Crippen molar-refractivity contribution in [3.05, 3.63) is 29.8 Å². The Bertz CT molecular complexity index is 644. The van der Waals surface area contributed by atoms with Gasteiger partial charge in [0.05, 0.1) is 13.2 Å². The molecule has 2 saturated heterocycles. The molecule has 2 aliphatic heterocycles. The fourth-order valence-electron chi connectivity index (χ4n) is 4.70. The van der Waals surface area contributed by atoms with E-state index in [0.29, 0.717) is 6.04 Å². The third kappa shape index (κ3) is 6.72. The Morgan fingerprint density at radius 1 is 1.00 bits per heavy atom. The van der Waals surface area contributed by atoms with E-state index in [-0.39, 0.29) is 30.0 Å². The minimum absolute atomic E-state index is 0. The summed E-state index contributed by atoms with van der Waals surface area (Å²) in [7, 11) is 3.62. The van der Waals surface area contributed by atoms with E-state index >= 15 is 0 Å². The van der Waals surface area contributed by atoms with Gasteiger partial charge < -0.3 is 15.4 Å². The molecule has 170 valence electrons. The second kappa shape index (κ2) is 13.4. The van der Waals surface area contributed by atoms with Crippen molar-refractivity contribution in [3.8, 4) is 5.75 Å². The molecule has 7 heteroatoms. The molecular formula is C23H40IN5O. The lowest BCUT2D eigenvalue weighted by atomic mass is 10.0. The zero-order valence-electron chi connectivity index (χ0n) is 18.9. The van der Waals surface area contributed by atoms with Gasteiger partial charge in [-0.1, -0.05) is 25.1 Å². The van der Waals surface area contributed by atoms with E-state index < -0.39 is 0 Å². The molecule has 0 spiro atoms. The Morgan fingerprint density at radius 2 is 1.60 bits per heavy atom. The summed E-state index contributed by atoms with van der Waals surface area (Å²) in [5.41, 5.74) is 1.25. The minimum atomic E-state index is 0. The lowest BCUT2D eigenvalue weighted by molar-refractivity contribution is 0.233. The summed E-state index contributed by atoms with van der Waals surface area (Å²) in [6.07, 6.45) is 6.38. The van der Waals surface area contributed by atoms with Gasteiger partial charge in [-0.15, -0.1) is 24.0 Å². The summed E-state index contributed by atoms with van der Waals surface area (Å²) >= 11 is 0. The molecule has 2 unspecified atom stereocenters. The Morgan fingerprint density at radius 3 is 2.20 bits per heavy atom. The van der Waals surface area contributed by atoms with E-state index in [0.717, 1.165) is 37.9 Å². The van der Waals surface area contributed by atoms with Crippen LogP contribution in [0.2, 0.25) is 0 Å². The maximum atomic E-state index is 5.66. The molecule has 2 N–H and O–H groups in total. The number of nitrogens with one attached hydrogen (secondary N) is 2. The monoisotopic (exact) mass is 529 g/mol. The molecule has 1 aromatic carbocycles. The van der Waals surface area contributed by atoms with Crippen molar-refractivity contribution in [1.82, 2.24) is 20.4 Å². The summed E-state index contributed by atoms with van der Waals surface area (Å²) in [6.45, 7) is 8.80. The normalized spacial score (nSPS) is 19.9. The summed E-state index contributed by atoms with van der Waals surface area (Å²) in [5, 5.41) is 7.16. The summed E-state index contributed by atoms with van der Waals surface area (Å²) in [6, 6.07) is 9.27. The molecule has 30 heavy (non-hydrogen) atoms. The number of para-hydroxylation sites is 1. The molecule has 2 atom stereocenters. The number of methoxy groups -OCH3 is 1. The van der Waals surface area contributed by atoms with Gasteiger partial charge in [0.1, 0.15) is 5.75 Å². The highest BCUT2D eigenvalue weighted by molar-refractivity contribution is 14.0. The molecule has 6 nitrogen and oxygen atoms in total. The fraction of sp³-hybridized carbons (Fsp3) is 0.696. The molecule has 3 rings (SSSR count). The number of ether oxygens (including phenoxy) is 1. The van der Waals surface area contributed by atoms with Gasteiger partial charge in [-0.05, 0) is 64.3 Å². The van der Waals surface area contributed by atoms with Crippen molar-refractivity contribution < 1.29 is 4.74 Å². The van der Waals surface area contributed by atoms with E-state index in [2.05, 4.69) is 50.5 Å². The first-order valence-electron chi connectivity index (χ1n) is 11.3. The molecule has 2 fully saturated rings. The van der Waals surface area contributed by atoms with E-state index in [1.54, 1.807) is 7.11 Å². The molecule has 0 amide bonds. The Balaban J connectivity index is 0.00000320. The number of hydrogen-bond acceptors (Lipinski definition) is 4. The van der Waals surface area contributed by atoms with Gasteiger partial charge in [-0.3, -0.25) is 14.8 Å². The van der Waals surface area contributed by atoms with Crippen LogP contribution in [-0.2, 0) is 0 Å². The van der Waals surface area contributed by atoms with Gasteiger partial charge >= 0.3 is 0 Å². The van der Waals surface area contributed by atoms with Crippen molar-refractivity contribution >= 4 is 29.9 Å². The number of rotatable bonds is 9. The van der Waals surface area contributed by atoms with Crippen LogP contribution < -0.4 is 15.4 Å². The van der Waals surface area contributed by atoms with Gasteiger partial charge in [0, 0.05) is 31.7 Å². The molecule has 0 aliphatic carbocycles. The number of halogens is 1. The van der Waals surface area contributed by atoms with Gasteiger partial charge in [0.25, 0.3) is 0 Å². The van der Waals surface area contributed by atoms with Crippen LogP contribution in [0.25, 0.3) is 0 Å². The first kappa shape index (κ1) is 25.2. The zero-order chi connectivity index (χ0) is 20.5. The SMILES string of the molecule is CCC(CNC(=NC)NCC(c1ccccc1OC)N1CCCC1)N1CCCC1.I. The number of nitrogens with zero attached hydrogens (tertiary/aromatic N) is 3. The van der Waals surface area contributed by atoms with Crippen LogP contribution in [0.4, 0.5) is 0 Å². The number of guanidine groups is 1. The van der Waals surface area contributed by atoms with Crippen molar-refractivity contribution in [1.29, 1.82) is 0 Å². The van der Waals surface area contributed by atoms with Gasteiger partial charge in [0.15, 0.2) is 5.96 Å². The predicted molar refractivity (Wildman–Crippen MR) is 136 cm³/mol. The molecule has 2 heterocycles. The highest BCUT2D eigenvalue weighted by Gasteiger charge is 2.26. The molecular weight excluding hydrogens is 489 g/mol. The molecule has 2 aliphatic rings. The van der Waals surface area contributed by atoms with E-state index in [1.807, 2.05) is 13.1 Å². The van der Waals surface area contributed by atoms with Crippen molar-refractivity contribution in [2.45, 2.75) is 51.1 Å². The van der Waals surface area contributed by atoms with Crippen LogP contribution in [0.1, 0.15) is 50.6 Å². The molecule has 1 aromatic rings. The highest BCUT2D eigenvalue weighted by atomic mass is 127. The average molecular weight is 530 g/mol. The zero-order valence-corrected chi connectivity index (χ0v) is 21.2. The van der Waals surface area contributed by atoms with E-state index in [1.165, 1.54) is 50.8 Å². The molecule has 0 aromatic heterocycles. The first-order chi connectivity index (χ1) is 14.3. The van der Waals surface area contributed by atoms with Crippen LogP contribution in [0, 0.1) is 0 Å². The lowest BCUT2D eigenvalue weighted by Gasteiger charge is -2.31. The molecule has 0 bridgehead atoms. The third-order valence-corrected chi connectivity index (χ3v) is 6.40. The van der Waals surface area contributed by atoms with Crippen molar-refractivity contribution in [2.24, 2.45) is 4.99 Å². The molecule has 0 saturated carbocycles.